The number of anilines is 3. The van der Waals surface area contributed by atoms with Crippen molar-refractivity contribution in [2.24, 2.45) is 0 Å². The van der Waals surface area contributed by atoms with E-state index in [0.29, 0.717) is 23.3 Å². The highest BCUT2D eigenvalue weighted by Gasteiger charge is 2.03. The molecule has 0 aliphatic heterocycles. The molecule has 134 valence electrons. The maximum Gasteiger partial charge on any atom is 0.249 e. The van der Waals surface area contributed by atoms with Crippen molar-refractivity contribution in [3.8, 4) is 5.75 Å². The van der Waals surface area contributed by atoms with Gasteiger partial charge in [0.2, 0.25) is 5.95 Å². The van der Waals surface area contributed by atoms with Crippen LogP contribution >= 0.6 is 11.6 Å². The van der Waals surface area contributed by atoms with Crippen molar-refractivity contribution >= 4 is 29.1 Å². The smallest absolute Gasteiger partial charge is 0.249 e. The maximum atomic E-state index is 5.89. The molecule has 0 fully saturated rings. The first-order valence-corrected chi connectivity index (χ1v) is 8.68. The van der Waals surface area contributed by atoms with Gasteiger partial charge in [0.1, 0.15) is 5.75 Å². The van der Waals surface area contributed by atoms with Gasteiger partial charge < -0.3 is 15.4 Å². The van der Waals surface area contributed by atoms with E-state index in [1.807, 2.05) is 62.4 Å². The van der Waals surface area contributed by atoms with E-state index in [-0.39, 0.29) is 6.10 Å². The van der Waals surface area contributed by atoms with Gasteiger partial charge in [0.15, 0.2) is 5.82 Å². The molecule has 2 N–H and O–H groups in total. The number of aromatic nitrogens is 3. The zero-order chi connectivity index (χ0) is 18.4. The zero-order valence-electron chi connectivity index (χ0n) is 14.6. The molecular formula is C19H20ClN5O. The first kappa shape index (κ1) is 17.9. The summed E-state index contributed by atoms with van der Waals surface area (Å²) in [6.07, 6.45) is 1.73. The Labute approximate surface area is 157 Å². The van der Waals surface area contributed by atoms with E-state index in [9.17, 15) is 0 Å². The van der Waals surface area contributed by atoms with Crippen molar-refractivity contribution < 1.29 is 4.74 Å². The molecule has 7 heteroatoms. The van der Waals surface area contributed by atoms with Gasteiger partial charge in [0, 0.05) is 17.3 Å². The minimum absolute atomic E-state index is 0.143. The second kappa shape index (κ2) is 8.49. The van der Waals surface area contributed by atoms with Gasteiger partial charge in [-0.3, -0.25) is 0 Å². The van der Waals surface area contributed by atoms with Gasteiger partial charge in [-0.05, 0) is 55.8 Å². The summed E-state index contributed by atoms with van der Waals surface area (Å²) in [6.45, 7) is 4.61. The Bertz CT molecular complexity index is 837. The van der Waals surface area contributed by atoms with Gasteiger partial charge in [-0.2, -0.15) is 10.1 Å². The molecule has 0 radical (unpaired) electrons. The third kappa shape index (κ3) is 5.32. The SMILES string of the molecule is CC(C)Oc1ccc(Nc2nncc(NCc3ccc(Cl)cc3)n2)cc1. The summed E-state index contributed by atoms with van der Waals surface area (Å²) in [5, 5.41) is 15.1. The lowest BCUT2D eigenvalue weighted by atomic mass is 10.2. The van der Waals surface area contributed by atoms with Crippen molar-refractivity contribution in [1.29, 1.82) is 0 Å². The predicted octanol–water partition coefficient (Wildman–Crippen LogP) is 4.67. The normalized spacial score (nSPS) is 10.6. The minimum atomic E-state index is 0.143. The summed E-state index contributed by atoms with van der Waals surface area (Å²) in [6, 6.07) is 15.3. The van der Waals surface area contributed by atoms with Crippen molar-refractivity contribution in [2.45, 2.75) is 26.5 Å². The van der Waals surface area contributed by atoms with Crippen LogP contribution < -0.4 is 15.4 Å². The van der Waals surface area contributed by atoms with Crippen LogP contribution in [0, 0.1) is 0 Å². The molecular weight excluding hydrogens is 350 g/mol. The highest BCUT2D eigenvalue weighted by molar-refractivity contribution is 6.30. The summed E-state index contributed by atoms with van der Waals surface area (Å²) < 4.78 is 5.63. The van der Waals surface area contributed by atoms with Crippen LogP contribution in [0.2, 0.25) is 5.02 Å². The van der Waals surface area contributed by atoms with Gasteiger partial charge in [-0.1, -0.05) is 23.7 Å². The molecule has 26 heavy (non-hydrogen) atoms. The van der Waals surface area contributed by atoms with Gasteiger partial charge in [0.05, 0.1) is 12.3 Å². The number of halogens is 1. The number of nitrogens with one attached hydrogen (secondary N) is 2. The number of rotatable bonds is 7. The van der Waals surface area contributed by atoms with E-state index in [1.165, 1.54) is 0 Å². The standard InChI is InChI=1S/C19H20ClN5O/c1-13(2)26-17-9-7-16(8-10-17)23-19-24-18(12-22-25-19)21-11-14-3-5-15(20)6-4-14/h3-10,12-13H,11H2,1-2H3,(H2,21,23,24,25). The molecule has 1 heterocycles. The Morgan fingerprint density at radius 1 is 1.04 bits per heavy atom. The molecule has 3 aromatic rings. The number of ether oxygens (including phenoxy) is 1. The lowest BCUT2D eigenvalue weighted by Gasteiger charge is -2.11. The van der Waals surface area contributed by atoms with E-state index in [0.717, 1.165) is 17.0 Å². The number of benzene rings is 2. The number of hydrogen-bond acceptors (Lipinski definition) is 6. The van der Waals surface area contributed by atoms with Crippen LogP contribution in [0.4, 0.5) is 17.5 Å². The maximum absolute atomic E-state index is 5.89. The molecule has 1 aromatic heterocycles. The molecule has 0 bridgehead atoms. The topological polar surface area (TPSA) is 72.0 Å². The average Bonchev–Trinajstić information content (AvgIpc) is 2.63. The highest BCUT2D eigenvalue weighted by Crippen LogP contribution is 2.19. The molecule has 0 aliphatic carbocycles. The summed E-state index contributed by atoms with van der Waals surface area (Å²) >= 11 is 5.89. The molecule has 6 nitrogen and oxygen atoms in total. The Kier molecular flexibility index (Phi) is 5.86. The van der Waals surface area contributed by atoms with Crippen LogP contribution in [0.15, 0.2) is 54.7 Å². The first-order valence-electron chi connectivity index (χ1n) is 8.30. The quantitative estimate of drug-likeness (QED) is 0.630. The monoisotopic (exact) mass is 369 g/mol. The molecule has 0 atom stereocenters. The summed E-state index contributed by atoms with van der Waals surface area (Å²) in [5.41, 5.74) is 1.96. The van der Waals surface area contributed by atoms with Crippen LogP contribution in [-0.4, -0.2) is 21.3 Å². The van der Waals surface area contributed by atoms with Crippen molar-refractivity contribution in [2.75, 3.05) is 10.6 Å². The van der Waals surface area contributed by atoms with E-state index < -0.39 is 0 Å². The van der Waals surface area contributed by atoms with E-state index in [1.54, 1.807) is 6.20 Å². The van der Waals surface area contributed by atoms with Gasteiger partial charge in [-0.25, -0.2) is 0 Å². The second-order valence-electron chi connectivity index (χ2n) is 5.96. The number of hydrogen-bond donors (Lipinski definition) is 2. The van der Waals surface area contributed by atoms with Crippen LogP contribution in [0.25, 0.3) is 0 Å². The lowest BCUT2D eigenvalue weighted by Crippen LogP contribution is -2.06. The predicted molar refractivity (Wildman–Crippen MR) is 104 cm³/mol. The lowest BCUT2D eigenvalue weighted by molar-refractivity contribution is 0.242. The average molecular weight is 370 g/mol. The van der Waals surface area contributed by atoms with Crippen LogP contribution in [0.1, 0.15) is 19.4 Å². The van der Waals surface area contributed by atoms with Gasteiger partial charge >= 0.3 is 0 Å². The van der Waals surface area contributed by atoms with Crippen molar-refractivity contribution in [3.63, 3.8) is 0 Å². The molecule has 0 saturated heterocycles. The molecule has 0 aliphatic rings. The summed E-state index contributed by atoms with van der Waals surface area (Å²) in [7, 11) is 0. The second-order valence-corrected chi connectivity index (χ2v) is 6.40. The fraction of sp³-hybridized carbons (Fsp3) is 0.211. The van der Waals surface area contributed by atoms with Crippen molar-refractivity contribution in [1.82, 2.24) is 15.2 Å². The largest absolute Gasteiger partial charge is 0.491 e. The molecule has 0 amide bonds. The molecule has 0 saturated carbocycles. The Hall–Kier alpha value is -2.86. The van der Waals surface area contributed by atoms with Crippen LogP contribution in [0.3, 0.4) is 0 Å². The van der Waals surface area contributed by atoms with E-state index >= 15 is 0 Å². The fourth-order valence-electron chi connectivity index (χ4n) is 2.25. The molecule has 2 aromatic carbocycles. The third-order valence-corrected chi connectivity index (χ3v) is 3.68. The van der Waals surface area contributed by atoms with Crippen LogP contribution in [0.5, 0.6) is 5.75 Å². The Balaban J connectivity index is 1.60. The molecule has 3 rings (SSSR count). The minimum Gasteiger partial charge on any atom is -0.491 e. The molecule has 0 spiro atoms. The van der Waals surface area contributed by atoms with Crippen LogP contribution in [-0.2, 0) is 6.54 Å². The fourth-order valence-corrected chi connectivity index (χ4v) is 2.38. The summed E-state index contributed by atoms with van der Waals surface area (Å²) in [4.78, 5) is 4.42. The number of nitrogens with zero attached hydrogens (tertiary/aromatic N) is 3. The van der Waals surface area contributed by atoms with E-state index in [4.69, 9.17) is 16.3 Å². The zero-order valence-corrected chi connectivity index (χ0v) is 15.4. The Morgan fingerprint density at radius 2 is 1.77 bits per heavy atom. The van der Waals surface area contributed by atoms with Gasteiger partial charge in [0.25, 0.3) is 0 Å². The Morgan fingerprint density at radius 3 is 2.46 bits per heavy atom. The third-order valence-electron chi connectivity index (χ3n) is 3.43. The van der Waals surface area contributed by atoms with Crippen molar-refractivity contribution in [3.05, 3.63) is 65.3 Å². The molecule has 0 unspecified atom stereocenters. The highest BCUT2D eigenvalue weighted by atomic mass is 35.5. The first-order chi connectivity index (χ1) is 12.6. The van der Waals surface area contributed by atoms with Gasteiger partial charge in [-0.15, -0.1) is 5.10 Å². The summed E-state index contributed by atoms with van der Waals surface area (Å²) in [5.74, 6) is 1.88. The van der Waals surface area contributed by atoms with E-state index in [2.05, 4.69) is 25.8 Å².